The zero-order valence-corrected chi connectivity index (χ0v) is 16.0. The summed E-state index contributed by atoms with van der Waals surface area (Å²) in [4.78, 5) is 12.3. The molecule has 0 aliphatic carbocycles. The molecule has 3 unspecified atom stereocenters. The van der Waals surface area contributed by atoms with E-state index in [0.29, 0.717) is 24.4 Å². The lowest BCUT2D eigenvalue weighted by atomic mass is 10.1. The summed E-state index contributed by atoms with van der Waals surface area (Å²) in [7, 11) is -1.26. The van der Waals surface area contributed by atoms with Gasteiger partial charge in [0.25, 0.3) is 0 Å². The van der Waals surface area contributed by atoms with E-state index >= 15 is 0 Å². The van der Waals surface area contributed by atoms with Gasteiger partial charge in [-0.2, -0.15) is 0 Å². The number of aliphatic hydroxyl groups is 1. The third kappa shape index (κ3) is 4.04. The van der Waals surface area contributed by atoms with Crippen LogP contribution in [-0.2, 0) is 18.5 Å². The standard InChI is InChI=1S/C16H22N5O5P/c1-4-16(23-10-27(24-5-2)25-6-3)7-11(22)15(26-16)21-9-20-12-13(17)18-8-19-14(12)21/h1,8-9,11,15,22H,5-7,10H2,2-3H3,(H2,17,18,19). The maximum Gasteiger partial charge on any atom is 0.238 e. The first-order valence-corrected chi connectivity index (χ1v) is 9.83. The minimum absolute atomic E-state index is 0.0792. The molecule has 146 valence electrons. The summed E-state index contributed by atoms with van der Waals surface area (Å²) >= 11 is 0. The Balaban J connectivity index is 1.78. The molecule has 0 aromatic carbocycles. The fourth-order valence-electron chi connectivity index (χ4n) is 2.78. The lowest BCUT2D eigenvalue weighted by molar-refractivity contribution is -0.194. The second-order valence-electron chi connectivity index (χ2n) is 5.70. The van der Waals surface area contributed by atoms with Crippen molar-refractivity contribution in [3.05, 3.63) is 12.7 Å². The highest BCUT2D eigenvalue weighted by atomic mass is 31.2. The van der Waals surface area contributed by atoms with Crippen LogP contribution in [0.25, 0.3) is 11.2 Å². The summed E-state index contributed by atoms with van der Waals surface area (Å²) in [5.74, 6) is 1.33. The van der Waals surface area contributed by atoms with Crippen LogP contribution in [0, 0.1) is 12.3 Å². The first-order chi connectivity index (χ1) is 13.0. The Morgan fingerprint density at radius 3 is 2.81 bits per heavy atom. The van der Waals surface area contributed by atoms with Crippen LogP contribution in [0.5, 0.6) is 0 Å². The van der Waals surface area contributed by atoms with E-state index in [4.69, 9.17) is 30.7 Å². The topological polar surface area (TPSA) is 127 Å². The molecule has 10 nitrogen and oxygen atoms in total. The molecule has 11 heteroatoms. The number of nitrogens with zero attached hydrogens (tertiary/aromatic N) is 4. The second-order valence-corrected chi connectivity index (χ2v) is 7.14. The molecule has 0 amide bonds. The van der Waals surface area contributed by atoms with Crippen molar-refractivity contribution in [2.75, 3.05) is 25.3 Å². The van der Waals surface area contributed by atoms with Crippen molar-refractivity contribution >= 4 is 25.4 Å². The molecule has 1 saturated heterocycles. The normalized spacial score (nSPS) is 25.3. The maximum atomic E-state index is 10.5. The molecule has 1 aliphatic rings. The van der Waals surface area contributed by atoms with Crippen molar-refractivity contribution in [2.24, 2.45) is 0 Å². The largest absolute Gasteiger partial charge is 0.388 e. The Morgan fingerprint density at radius 2 is 2.15 bits per heavy atom. The fraction of sp³-hybridized carbons (Fsp3) is 0.562. The summed E-state index contributed by atoms with van der Waals surface area (Å²) in [5.41, 5.74) is 6.66. The second kappa shape index (κ2) is 8.44. The molecule has 0 saturated carbocycles. The molecule has 1 aliphatic heterocycles. The molecular weight excluding hydrogens is 373 g/mol. The van der Waals surface area contributed by atoms with E-state index in [9.17, 15) is 5.11 Å². The van der Waals surface area contributed by atoms with Crippen molar-refractivity contribution < 1.29 is 23.6 Å². The fourth-order valence-corrected chi connectivity index (χ4v) is 3.89. The van der Waals surface area contributed by atoms with Crippen LogP contribution >= 0.6 is 8.38 Å². The molecule has 2 aromatic rings. The number of fused-ring (bicyclic) bond motifs is 1. The highest BCUT2D eigenvalue weighted by molar-refractivity contribution is 7.47. The van der Waals surface area contributed by atoms with Crippen molar-refractivity contribution in [3.8, 4) is 12.3 Å². The predicted octanol–water partition coefficient (Wildman–Crippen LogP) is 1.38. The Hall–Kier alpha value is -1.86. The zero-order valence-electron chi connectivity index (χ0n) is 15.1. The molecular formula is C16H22N5O5P. The number of nitrogens with two attached hydrogens (primary N) is 1. The molecule has 2 aromatic heterocycles. The van der Waals surface area contributed by atoms with Crippen LogP contribution in [0.4, 0.5) is 5.82 Å². The highest BCUT2D eigenvalue weighted by Gasteiger charge is 2.48. The molecule has 3 N–H and O–H groups in total. The van der Waals surface area contributed by atoms with Crippen LogP contribution in [0.3, 0.4) is 0 Å². The first-order valence-electron chi connectivity index (χ1n) is 8.47. The molecule has 27 heavy (non-hydrogen) atoms. The molecule has 3 heterocycles. The highest BCUT2D eigenvalue weighted by Crippen LogP contribution is 2.44. The SMILES string of the molecule is C#CC1(OCP(OCC)OCC)CC(O)C(n2cnc3c(N)ncnc32)O1. The van der Waals surface area contributed by atoms with Crippen LogP contribution in [-0.4, -0.2) is 56.1 Å². The minimum Gasteiger partial charge on any atom is -0.388 e. The van der Waals surface area contributed by atoms with E-state index in [0.717, 1.165) is 0 Å². The number of ether oxygens (including phenoxy) is 2. The summed E-state index contributed by atoms with van der Waals surface area (Å²) in [6.45, 7) is 4.72. The average molecular weight is 395 g/mol. The lowest BCUT2D eigenvalue weighted by Crippen LogP contribution is -2.31. The number of terminal acetylenes is 1. The van der Waals surface area contributed by atoms with Crippen LogP contribution in [0.1, 0.15) is 26.5 Å². The zero-order chi connectivity index (χ0) is 19.4. The summed E-state index contributed by atoms with van der Waals surface area (Å²) in [6, 6.07) is 0. The Labute approximate surface area is 157 Å². The molecule has 0 bridgehead atoms. The first kappa shape index (κ1) is 19.9. The third-order valence-corrected chi connectivity index (χ3v) is 5.38. The van der Waals surface area contributed by atoms with E-state index in [1.54, 1.807) is 4.57 Å². The number of hydrogen-bond donors (Lipinski definition) is 2. The van der Waals surface area contributed by atoms with E-state index < -0.39 is 26.5 Å². The summed E-state index contributed by atoms with van der Waals surface area (Å²) in [6.07, 6.45) is 6.90. The van der Waals surface area contributed by atoms with E-state index in [1.165, 1.54) is 12.7 Å². The minimum atomic E-state index is -1.41. The van der Waals surface area contributed by atoms with Gasteiger partial charge in [0.15, 0.2) is 26.1 Å². The van der Waals surface area contributed by atoms with Crippen molar-refractivity contribution in [1.29, 1.82) is 0 Å². The average Bonchev–Trinajstić information content (AvgIpc) is 3.22. The molecule has 0 spiro atoms. The molecule has 1 fully saturated rings. The number of imidazole rings is 1. The van der Waals surface area contributed by atoms with Crippen LogP contribution < -0.4 is 5.73 Å². The van der Waals surface area contributed by atoms with Gasteiger partial charge in [-0.15, -0.1) is 6.42 Å². The van der Waals surface area contributed by atoms with Gasteiger partial charge in [0.2, 0.25) is 5.79 Å². The van der Waals surface area contributed by atoms with Gasteiger partial charge in [-0.3, -0.25) is 4.57 Å². The monoisotopic (exact) mass is 395 g/mol. The Morgan fingerprint density at radius 1 is 1.41 bits per heavy atom. The van der Waals surface area contributed by atoms with E-state index in [1.807, 2.05) is 13.8 Å². The van der Waals surface area contributed by atoms with Gasteiger partial charge in [-0.05, 0) is 19.8 Å². The van der Waals surface area contributed by atoms with Gasteiger partial charge in [0, 0.05) is 6.42 Å². The summed E-state index contributed by atoms with van der Waals surface area (Å²) < 4.78 is 24.3. The quantitative estimate of drug-likeness (QED) is 0.503. The Bertz CT molecular complexity index is 821. The van der Waals surface area contributed by atoms with Gasteiger partial charge in [-0.25, -0.2) is 15.0 Å². The van der Waals surface area contributed by atoms with Gasteiger partial charge < -0.3 is 29.4 Å². The van der Waals surface area contributed by atoms with Crippen LogP contribution in [0.15, 0.2) is 12.7 Å². The number of hydrogen-bond acceptors (Lipinski definition) is 9. The van der Waals surface area contributed by atoms with Crippen LogP contribution in [0.2, 0.25) is 0 Å². The van der Waals surface area contributed by atoms with Gasteiger partial charge in [0.1, 0.15) is 24.3 Å². The maximum absolute atomic E-state index is 10.5. The van der Waals surface area contributed by atoms with E-state index in [2.05, 4.69) is 20.9 Å². The van der Waals surface area contributed by atoms with Crippen molar-refractivity contribution in [3.63, 3.8) is 0 Å². The predicted molar refractivity (Wildman–Crippen MR) is 98.2 cm³/mol. The number of nitrogen functional groups attached to an aromatic ring is 1. The number of anilines is 1. The van der Waals surface area contributed by atoms with Crippen molar-refractivity contribution in [2.45, 2.75) is 38.4 Å². The lowest BCUT2D eigenvalue weighted by Gasteiger charge is -2.26. The molecule has 0 radical (unpaired) electrons. The smallest absolute Gasteiger partial charge is 0.238 e. The van der Waals surface area contributed by atoms with E-state index in [-0.39, 0.29) is 18.6 Å². The molecule has 3 atom stereocenters. The molecule has 3 rings (SSSR count). The number of aromatic nitrogens is 4. The van der Waals surface area contributed by atoms with Crippen molar-refractivity contribution in [1.82, 2.24) is 19.5 Å². The number of rotatable bonds is 8. The Kier molecular flexibility index (Phi) is 6.22. The summed E-state index contributed by atoms with van der Waals surface area (Å²) in [5, 5.41) is 10.5. The van der Waals surface area contributed by atoms with Gasteiger partial charge in [-0.1, -0.05) is 0 Å². The number of aliphatic hydroxyl groups excluding tert-OH is 1. The van der Waals surface area contributed by atoms with Gasteiger partial charge >= 0.3 is 0 Å². The third-order valence-electron chi connectivity index (χ3n) is 3.95. The van der Waals surface area contributed by atoms with Gasteiger partial charge in [0.05, 0.1) is 19.5 Å².